The molecule has 15 heavy (non-hydrogen) atoms. The Labute approximate surface area is 84.3 Å². The normalized spacial score (nSPS) is 10.9. The van der Waals surface area contributed by atoms with Gasteiger partial charge in [-0.1, -0.05) is 0 Å². The number of aromatic nitrogens is 2. The number of rotatable bonds is 2. The van der Waals surface area contributed by atoms with Crippen LogP contribution in [0.2, 0.25) is 0 Å². The highest BCUT2D eigenvalue weighted by Gasteiger charge is 1.95. The summed E-state index contributed by atoms with van der Waals surface area (Å²) in [7, 11) is 0. The minimum absolute atomic E-state index is 0.387. The van der Waals surface area contributed by atoms with Crippen molar-refractivity contribution in [2.24, 2.45) is 0 Å². The Morgan fingerprint density at radius 2 is 2.20 bits per heavy atom. The van der Waals surface area contributed by atoms with Crippen LogP contribution in [0.3, 0.4) is 0 Å². The van der Waals surface area contributed by atoms with Gasteiger partial charge in [-0.2, -0.15) is 0 Å². The van der Waals surface area contributed by atoms with Gasteiger partial charge in [-0.25, -0.2) is 9.36 Å². The lowest BCUT2D eigenvalue weighted by molar-refractivity contribution is 0.557. The molecular weight excluding hydrogens is 196 g/mol. The molecule has 5 heteroatoms. The van der Waals surface area contributed by atoms with Crippen LogP contribution in [0.15, 0.2) is 44.7 Å². The van der Waals surface area contributed by atoms with E-state index in [0.29, 0.717) is 5.76 Å². The molecule has 1 N–H and O–H groups in total. The molecule has 0 bridgehead atoms. The molecule has 2 rings (SSSR count). The molecule has 0 radical (unpaired) electrons. The van der Waals surface area contributed by atoms with Crippen LogP contribution < -0.4 is 11.2 Å². The van der Waals surface area contributed by atoms with E-state index in [9.17, 15) is 9.59 Å². The molecule has 2 aromatic heterocycles. The zero-order chi connectivity index (χ0) is 10.7. The number of hydrogen-bond acceptors (Lipinski definition) is 3. The van der Waals surface area contributed by atoms with E-state index in [4.69, 9.17) is 4.42 Å². The lowest BCUT2D eigenvalue weighted by atomic mass is 10.4. The Hall–Kier alpha value is -2.30. The third-order valence-corrected chi connectivity index (χ3v) is 1.82. The molecule has 0 atom stereocenters. The lowest BCUT2D eigenvalue weighted by Gasteiger charge is -1.93. The third-order valence-electron chi connectivity index (χ3n) is 1.82. The summed E-state index contributed by atoms with van der Waals surface area (Å²) in [6, 6.07) is 4.71. The predicted molar refractivity (Wildman–Crippen MR) is 55.3 cm³/mol. The van der Waals surface area contributed by atoms with Gasteiger partial charge >= 0.3 is 5.69 Å². The van der Waals surface area contributed by atoms with E-state index in [1.807, 2.05) is 0 Å². The average Bonchev–Trinajstić information content (AvgIpc) is 2.70. The molecule has 0 aliphatic heterocycles. The van der Waals surface area contributed by atoms with E-state index >= 15 is 0 Å². The fraction of sp³-hybridized carbons (Fsp3) is 0. The molecule has 5 nitrogen and oxygen atoms in total. The van der Waals surface area contributed by atoms with E-state index in [2.05, 4.69) is 4.98 Å². The van der Waals surface area contributed by atoms with Crippen molar-refractivity contribution in [2.75, 3.05) is 0 Å². The van der Waals surface area contributed by atoms with Gasteiger partial charge in [0.1, 0.15) is 5.76 Å². The molecule has 0 unspecified atom stereocenters. The second kappa shape index (κ2) is 3.83. The first-order valence-electron chi connectivity index (χ1n) is 4.29. The quantitative estimate of drug-likeness (QED) is 0.785. The minimum atomic E-state index is -0.481. The van der Waals surface area contributed by atoms with Crippen molar-refractivity contribution in [1.29, 1.82) is 0 Å². The van der Waals surface area contributed by atoms with Crippen LogP contribution in [-0.2, 0) is 0 Å². The smallest absolute Gasteiger partial charge is 0.332 e. The predicted octanol–water partition coefficient (Wildman–Crippen LogP) is 0.758. The summed E-state index contributed by atoms with van der Waals surface area (Å²) in [6.45, 7) is 0. The van der Waals surface area contributed by atoms with Crippen molar-refractivity contribution in [1.82, 2.24) is 9.55 Å². The average molecular weight is 204 g/mol. The Balaban J connectivity index is 2.41. The van der Waals surface area contributed by atoms with Gasteiger partial charge in [0.15, 0.2) is 0 Å². The van der Waals surface area contributed by atoms with Crippen LogP contribution in [0, 0.1) is 0 Å². The van der Waals surface area contributed by atoms with Gasteiger partial charge in [0, 0.05) is 18.5 Å². The molecule has 0 aliphatic carbocycles. The van der Waals surface area contributed by atoms with E-state index in [1.165, 1.54) is 30.8 Å². The third kappa shape index (κ3) is 1.96. The fourth-order valence-electron chi connectivity index (χ4n) is 1.11. The molecule has 2 aromatic rings. The highest BCUT2D eigenvalue weighted by Crippen LogP contribution is 2.01. The van der Waals surface area contributed by atoms with Gasteiger partial charge in [0.05, 0.1) is 6.26 Å². The Morgan fingerprint density at radius 1 is 1.33 bits per heavy atom. The van der Waals surface area contributed by atoms with E-state index in [-0.39, 0.29) is 5.56 Å². The van der Waals surface area contributed by atoms with Gasteiger partial charge in [0.2, 0.25) is 0 Å². The highest BCUT2D eigenvalue weighted by molar-refractivity contribution is 5.55. The topological polar surface area (TPSA) is 68.0 Å². The molecule has 0 aliphatic rings. The van der Waals surface area contributed by atoms with Crippen molar-refractivity contribution in [2.45, 2.75) is 0 Å². The number of hydrogen-bond donors (Lipinski definition) is 1. The summed E-state index contributed by atoms with van der Waals surface area (Å²) in [6.07, 6.45) is 5.72. The fourth-order valence-corrected chi connectivity index (χ4v) is 1.11. The monoisotopic (exact) mass is 204 g/mol. The number of nitrogens with one attached hydrogen (secondary N) is 1. The first-order chi connectivity index (χ1) is 7.27. The van der Waals surface area contributed by atoms with Gasteiger partial charge < -0.3 is 9.40 Å². The molecule has 0 saturated heterocycles. The van der Waals surface area contributed by atoms with Gasteiger partial charge in [-0.05, 0) is 18.2 Å². The molecule has 0 aromatic carbocycles. The van der Waals surface area contributed by atoms with E-state index < -0.39 is 5.69 Å². The summed E-state index contributed by atoms with van der Waals surface area (Å²) < 4.78 is 5.98. The van der Waals surface area contributed by atoms with Crippen molar-refractivity contribution >= 4 is 12.3 Å². The molecule has 0 spiro atoms. The van der Waals surface area contributed by atoms with Gasteiger partial charge in [-0.3, -0.25) is 4.79 Å². The largest absolute Gasteiger partial charge is 0.465 e. The first-order valence-corrected chi connectivity index (χ1v) is 4.29. The first kappa shape index (κ1) is 9.26. The number of furan rings is 1. The lowest BCUT2D eigenvalue weighted by Crippen LogP contribution is -2.29. The molecule has 0 fully saturated rings. The SMILES string of the molecule is O=c1cc[nH]c(=O)n1C=Cc1ccco1. The van der Waals surface area contributed by atoms with Crippen molar-refractivity contribution in [3.05, 3.63) is 57.3 Å². The van der Waals surface area contributed by atoms with E-state index in [1.54, 1.807) is 12.1 Å². The zero-order valence-electron chi connectivity index (χ0n) is 7.71. The molecule has 0 amide bonds. The summed E-state index contributed by atoms with van der Waals surface area (Å²) in [4.78, 5) is 24.9. The Morgan fingerprint density at radius 3 is 2.87 bits per heavy atom. The summed E-state index contributed by atoms with van der Waals surface area (Å²) in [5.41, 5.74) is -0.869. The second-order valence-electron chi connectivity index (χ2n) is 2.82. The number of H-pyrrole nitrogens is 1. The Kier molecular flexibility index (Phi) is 2.37. The Bertz CT molecular complexity index is 547. The van der Waals surface area contributed by atoms with Crippen molar-refractivity contribution in [3.63, 3.8) is 0 Å². The summed E-state index contributed by atoms with van der Waals surface area (Å²) in [5, 5.41) is 0. The second-order valence-corrected chi connectivity index (χ2v) is 2.82. The molecule has 76 valence electrons. The molecular formula is C10H8N2O3. The zero-order valence-corrected chi connectivity index (χ0v) is 7.71. The number of nitrogens with zero attached hydrogens (tertiary/aromatic N) is 1. The van der Waals surface area contributed by atoms with Gasteiger partial charge in [-0.15, -0.1) is 0 Å². The molecule has 0 saturated carbocycles. The highest BCUT2D eigenvalue weighted by atomic mass is 16.3. The maximum Gasteiger partial charge on any atom is 0.332 e. The van der Waals surface area contributed by atoms with Crippen LogP contribution in [-0.4, -0.2) is 9.55 Å². The van der Waals surface area contributed by atoms with Gasteiger partial charge in [0.25, 0.3) is 5.56 Å². The summed E-state index contributed by atoms with van der Waals surface area (Å²) >= 11 is 0. The maximum atomic E-state index is 11.3. The van der Waals surface area contributed by atoms with E-state index in [0.717, 1.165) is 4.57 Å². The van der Waals surface area contributed by atoms with Crippen molar-refractivity contribution < 1.29 is 4.42 Å². The minimum Gasteiger partial charge on any atom is -0.465 e. The van der Waals surface area contributed by atoms with Crippen LogP contribution in [0.25, 0.3) is 12.3 Å². The summed E-state index contributed by atoms with van der Waals surface area (Å²) in [5.74, 6) is 0.574. The van der Waals surface area contributed by atoms with Crippen LogP contribution >= 0.6 is 0 Å². The molecule has 2 heterocycles. The van der Waals surface area contributed by atoms with Crippen LogP contribution in [0.1, 0.15) is 5.76 Å². The maximum absolute atomic E-state index is 11.3. The standard InChI is InChI=1S/C10H8N2O3/c13-9-3-5-11-10(14)12(9)6-4-8-2-1-7-15-8/h1-7H,(H,11,14). The van der Waals surface area contributed by atoms with Crippen LogP contribution in [0.5, 0.6) is 0 Å². The number of aromatic amines is 1. The van der Waals surface area contributed by atoms with Crippen LogP contribution in [0.4, 0.5) is 0 Å². The van der Waals surface area contributed by atoms with Crippen molar-refractivity contribution in [3.8, 4) is 0 Å².